The largest absolute Gasteiger partial charge is 0.490 e. The van der Waals surface area contributed by atoms with Crippen LogP contribution in [0.1, 0.15) is 19.4 Å². The van der Waals surface area contributed by atoms with Crippen LogP contribution in [0.4, 0.5) is 15.8 Å². The Morgan fingerprint density at radius 2 is 1.89 bits per heavy atom. The molecule has 6 nitrogen and oxygen atoms in total. The van der Waals surface area contributed by atoms with E-state index in [2.05, 4.69) is 4.72 Å². The average Bonchev–Trinajstić information content (AvgIpc) is 2.67. The minimum Gasteiger partial charge on any atom is -0.490 e. The molecule has 2 aromatic carbocycles. The van der Waals surface area contributed by atoms with E-state index in [4.69, 9.17) is 4.74 Å². The van der Waals surface area contributed by atoms with Crippen molar-refractivity contribution in [2.75, 3.05) is 23.3 Å². The van der Waals surface area contributed by atoms with Gasteiger partial charge in [0.05, 0.1) is 21.7 Å². The molecule has 0 saturated carbocycles. The summed E-state index contributed by atoms with van der Waals surface area (Å²) >= 11 is 0. The van der Waals surface area contributed by atoms with Crippen LogP contribution in [0.3, 0.4) is 0 Å². The highest BCUT2D eigenvalue weighted by atomic mass is 32.2. The molecule has 0 bridgehead atoms. The fourth-order valence-electron chi connectivity index (χ4n) is 2.93. The number of nitrogens with zero attached hydrogens (tertiary/aromatic N) is 1. The molecule has 0 radical (unpaired) electrons. The fourth-order valence-corrected chi connectivity index (χ4v) is 4.23. The van der Waals surface area contributed by atoms with E-state index < -0.39 is 21.3 Å². The van der Waals surface area contributed by atoms with Gasteiger partial charge in [0.15, 0.2) is 0 Å². The van der Waals surface area contributed by atoms with Gasteiger partial charge < -0.3 is 9.64 Å². The lowest BCUT2D eigenvalue weighted by Gasteiger charge is -2.24. The Balaban J connectivity index is 1.96. The van der Waals surface area contributed by atoms with Crippen LogP contribution < -0.4 is 14.4 Å². The predicted molar refractivity (Wildman–Crippen MR) is 101 cm³/mol. The summed E-state index contributed by atoms with van der Waals surface area (Å²) in [7, 11) is -2.33. The molecule has 144 valence electrons. The smallest absolute Gasteiger partial charge is 0.262 e. The third-order valence-electron chi connectivity index (χ3n) is 4.49. The minimum absolute atomic E-state index is 0.0926. The van der Waals surface area contributed by atoms with E-state index in [0.717, 1.165) is 6.07 Å². The van der Waals surface area contributed by atoms with Crippen LogP contribution in [0.2, 0.25) is 0 Å². The van der Waals surface area contributed by atoms with Gasteiger partial charge in [-0.3, -0.25) is 9.52 Å². The van der Waals surface area contributed by atoms with E-state index in [9.17, 15) is 17.6 Å². The molecule has 27 heavy (non-hydrogen) atoms. The van der Waals surface area contributed by atoms with E-state index in [0.29, 0.717) is 17.0 Å². The van der Waals surface area contributed by atoms with Crippen molar-refractivity contribution < 1.29 is 22.3 Å². The maximum absolute atomic E-state index is 13.5. The Bertz CT molecular complexity index is 1020. The quantitative estimate of drug-likeness (QED) is 0.870. The number of ether oxygens (including phenoxy) is 1. The molecule has 0 aromatic heterocycles. The summed E-state index contributed by atoms with van der Waals surface area (Å²) in [5, 5.41) is 0. The number of benzene rings is 2. The van der Waals surface area contributed by atoms with Crippen molar-refractivity contribution in [3.05, 3.63) is 47.8 Å². The highest BCUT2D eigenvalue weighted by Crippen LogP contribution is 2.37. The Hall–Kier alpha value is -2.61. The molecule has 3 rings (SSSR count). The Morgan fingerprint density at radius 1 is 1.19 bits per heavy atom. The predicted octanol–water partition coefficient (Wildman–Crippen LogP) is 3.32. The van der Waals surface area contributed by atoms with Gasteiger partial charge in [-0.15, -0.1) is 0 Å². The van der Waals surface area contributed by atoms with Gasteiger partial charge in [0, 0.05) is 13.1 Å². The van der Waals surface area contributed by atoms with Crippen molar-refractivity contribution in [2.24, 2.45) is 5.41 Å². The van der Waals surface area contributed by atoms with Gasteiger partial charge in [-0.05, 0) is 50.6 Å². The molecule has 0 atom stereocenters. The van der Waals surface area contributed by atoms with Gasteiger partial charge >= 0.3 is 0 Å². The Kier molecular flexibility index (Phi) is 4.63. The number of aryl methyl sites for hydroxylation is 1. The number of carbonyl (C=O) groups excluding carboxylic acids is 1. The molecule has 0 spiro atoms. The zero-order valence-electron chi connectivity index (χ0n) is 15.5. The van der Waals surface area contributed by atoms with Crippen molar-refractivity contribution >= 4 is 27.3 Å². The van der Waals surface area contributed by atoms with E-state index in [-0.39, 0.29) is 23.1 Å². The maximum atomic E-state index is 13.5. The van der Waals surface area contributed by atoms with Gasteiger partial charge in [0.1, 0.15) is 18.2 Å². The summed E-state index contributed by atoms with van der Waals surface area (Å²) in [5.41, 5.74) is 0.543. The first-order valence-corrected chi connectivity index (χ1v) is 9.83. The highest BCUT2D eigenvalue weighted by molar-refractivity contribution is 7.92. The monoisotopic (exact) mass is 392 g/mol. The van der Waals surface area contributed by atoms with E-state index >= 15 is 0 Å². The molecular weight excluding hydrogens is 371 g/mol. The molecule has 1 aliphatic heterocycles. The molecule has 8 heteroatoms. The molecule has 1 heterocycles. The van der Waals surface area contributed by atoms with Crippen LogP contribution in [-0.4, -0.2) is 28.0 Å². The molecule has 0 saturated heterocycles. The molecule has 1 aliphatic rings. The Labute approximate surface area is 158 Å². The van der Waals surface area contributed by atoms with Gasteiger partial charge in [-0.1, -0.05) is 6.07 Å². The van der Waals surface area contributed by atoms with E-state index in [1.54, 1.807) is 33.9 Å². The lowest BCUT2D eigenvalue weighted by atomic mass is 9.93. The second-order valence-electron chi connectivity index (χ2n) is 7.23. The zero-order chi connectivity index (χ0) is 20.0. The van der Waals surface area contributed by atoms with Crippen LogP contribution in [-0.2, 0) is 14.8 Å². The lowest BCUT2D eigenvalue weighted by molar-refractivity contribution is -0.127. The number of sulfonamides is 1. The standard InChI is InChI=1S/C19H21FN2O4S/c1-12-5-6-13(20)9-17(12)27(24,25)21-14-7-8-15-16(10-14)26-11-19(2,3)18(23)22(15)4/h5-10,21H,11H2,1-4H3. The minimum atomic E-state index is -3.98. The molecule has 1 amide bonds. The summed E-state index contributed by atoms with van der Waals surface area (Å²) in [6.45, 7) is 5.33. The number of fused-ring (bicyclic) bond motifs is 1. The molecular formula is C19H21FN2O4S. The second kappa shape index (κ2) is 6.53. The number of rotatable bonds is 3. The third-order valence-corrected chi connectivity index (χ3v) is 6.01. The summed E-state index contributed by atoms with van der Waals surface area (Å²) in [6.07, 6.45) is 0. The van der Waals surface area contributed by atoms with Crippen LogP contribution >= 0.6 is 0 Å². The van der Waals surface area contributed by atoms with Gasteiger partial charge in [0.2, 0.25) is 5.91 Å². The van der Waals surface area contributed by atoms with Crippen molar-refractivity contribution in [3.8, 4) is 5.75 Å². The number of carbonyl (C=O) groups is 1. The first-order chi connectivity index (χ1) is 12.5. The zero-order valence-corrected chi connectivity index (χ0v) is 16.4. The molecule has 0 aliphatic carbocycles. The Morgan fingerprint density at radius 3 is 2.59 bits per heavy atom. The second-order valence-corrected chi connectivity index (χ2v) is 8.89. The third kappa shape index (κ3) is 3.62. The van der Waals surface area contributed by atoms with Gasteiger partial charge in [0.25, 0.3) is 10.0 Å². The first-order valence-electron chi connectivity index (χ1n) is 8.35. The van der Waals surface area contributed by atoms with Crippen molar-refractivity contribution in [1.29, 1.82) is 0 Å². The number of halogens is 1. The first kappa shape index (κ1) is 19.2. The van der Waals surface area contributed by atoms with Crippen LogP contribution in [0.5, 0.6) is 5.75 Å². The number of hydrogen-bond donors (Lipinski definition) is 1. The van der Waals surface area contributed by atoms with Crippen LogP contribution in [0.25, 0.3) is 0 Å². The molecule has 2 aromatic rings. The topological polar surface area (TPSA) is 75.7 Å². The number of hydrogen-bond acceptors (Lipinski definition) is 4. The SMILES string of the molecule is Cc1ccc(F)cc1S(=O)(=O)Nc1ccc2c(c1)OCC(C)(C)C(=O)N2C. The van der Waals surface area contributed by atoms with Crippen molar-refractivity contribution in [3.63, 3.8) is 0 Å². The van der Waals surface area contributed by atoms with Crippen LogP contribution in [0.15, 0.2) is 41.3 Å². The normalized spacial score (nSPS) is 16.3. The number of nitrogens with one attached hydrogen (secondary N) is 1. The summed E-state index contributed by atoms with van der Waals surface area (Å²) in [4.78, 5) is 13.9. The fraction of sp³-hybridized carbons (Fsp3) is 0.316. The molecule has 0 unspecified atom stereocenters. The van der Waals surface area contributed by atoms with Gasteiger partial charge in [-0.25, -0.2) is 12.8 Å². The molecule has 1 N–H and O–H groups in total. The summed E-state index contributed by atoms with van der Waals surface area (Å²) in [5.74, 6) is -0.328. The van der Waals surface area contributed by atoms with E-state index in [1.165, 1.54) is 29.2 Å². The van der Waals surface area contributed by atoms with Crippen molar-refractivity contribution in [2.45, 2.75) is 25.7 Å². The summed E-state index contributed by atoms with van der Waals surface area (Å²) in [6, 6.07) is 8.27. The van der Waals surface area contributed by atoms with Gasteiger partial charge in [-0.2, -0.15) is 0 Å². The molecule has 0 fully saturated rings. The summed E-state index contributed by atoms with van der Waals surface area (Å²) < 4.78 is 47.0. The van der Waals surface area contributed by atoms with Crippen molar-refractivity contribution in [1.82, 2.24) is 0 Å². The highest BCUT2D eigenvalue weighted by Gasteiger charge is 2.36. The average molecular weight is 392 g/mol. The number of anilines is 2. The maximum Gasteiger partial charge on any atom is 0.262 e. The van der Waals surface area contributed by atoms with Crippen LogP contribution in [0, 0.1) is 18.2 Å². The van der Waals surface area contributed by atoms with E-state index in [1.807, 2.05) is 0 Å². The number of amides is 1. The lowest BCUT2D eigenvalue weighted by Crippen LogP contribution is -2.39.